The quantitative estimate of drug-likeness (QED) is 0.781. The van der Waals surface area contributed by atoms with E-state index in [1.807, 2.05) is 13.0 Å². The van der Waals surface area contributed by atoms with Gasteiger partial charge < -0.3 is 10.4 Å². The van der Waals surface area contributed by atoms with Gasteiger partial charge in [0.2, 0.25) is 0 Å². The molecule has 16 heavy (non-hydrogen) atoms. The zero-order valence-corrected chi connectivity index (χ0v) is 9.82. The summed E-state index contributed by atoms with van der Waals surface area (Å²) in [6.45, 7) is 3.91. The highest BCUT2D eigenvalue weighted by molar-refractivity contribution is 5.74. The SMILES string of the molecule is CCCc1cc(C)nc(C(NC)C(=O)O)n1. The van der Waals surface area contributed by atoms with E-state index in [2.05, 4.69) is 22.2 Å². The van der Waals surface area contributed by atoms with Crippen LogP contribution in [-0.4, -0.2) is 28.1 Å². The second-order valence-electron chi connectivity index (χ2n) is 3.67. The van der Waals surface area contributed by atoms with Gasteiger partial charge in [0.05, 0.1) is 0 Å². The third-order valence-corrected chi connectivity index (χ3v) is 2.22. The fourth-order valence-corrected chi connectivity index (χ4v) is 1.53. The molecule has 0 radical (unpaired) electrons. The van der Waals surface area contributed by atoms with E-state index in [1.54, 1.807) is 7.05 Å². The maximum absolute atomic E-state index is 11.0. The van der Waals surface area contributed by atoms with Crippen molar-refractivity contribution >= 4 is 5.97 Å². The van der Waals surface area contributed by atoms with Crippen LogP contribution in [0, 0.1) is 6.92 Å². The van der Waals surface area contributed by atoms with Gasteiger partial charge in [-0.25, -0.2) is 9.97 Å². The smallest absolute Gasteiger partial charge is 0.328 e. The van der Waals surface area contributed by atoms with Crippen molar-refractivity contribution in [2.45, 2.75) is 32.7 Å². The Morgan fingerprint density at radius 3 is 2.75 bits per heavy atom. The molecule has 0 fully saturated rings. The molecule has 0 aromatic carbocycles. The van der Waals surface area contributed by atoms with Gasteiger partial charge in [-0.3, -0.25) is 4.79 Å². The number of carboxylic acid groups (broad SMARTS) is 1. The fourth-order valence-electron chi connectivity index (χ4n) is 1.53. The van der Waals surface area contributed by atoms with Crippen LogP contribution >= 0.6 is 0 Å². The molecule has 0 aliphatic heterocycles. The van der Waals surface area contributed by atoms with E-state index < -0.39 is 12.0 Å². The molecular formula is C11H17N3O2. The fraction of sp³-hybridized carbons (Fsp3) is 0.545. The Hall–Kier alpha value is -1.49. The molecule has 0 amide bonds. The number of likely N-dealkylation sites (N-methyl/N-ethyl adjacent to an activating group) is 1. The first-order valence-corrected chi connectivity index (χ1v) is 5.33. The Bertz CT molecular complexity index is 379. The van der Waals surface area contributed by atoms with E-state index in [-0.39, 0.29) is 0 Å². The second kappa shape index (κ2) is 5.55. The summed E-state index contributed by atoms with van der Waals surface area (Å²) in [5.41, 5.74) is 1.70. The van der Waals surface area contributed by atoms with E-state index in [9.17, 15) is 4.79 Å². The van der Waals surface area contributed by atoms with Crippen LogP contribution < -0.4 is 5.32 Å². The number of nitrogens with zero attached hydrogens (tertiary/aromatic N) is 2. The van der Waals surface area contributed by atoms with Crippen molar-refractivity contribution < 1.29 is 9.90 Å². The summed E-state index contributed by atoms with van der Waals surface area (Å²) in [5, 5.41) is 11.7. The summed E-state index contributed by atoms with van der Waals surface area (Å²) in [4.78, 5) is 19.4. The molecule has 1 aromatic rings. The molecule has 2 N–H and O–H groups in total. The average molecular weight is 223 g/mol. The molecule has 1 heterocycles. The lowest BCUT2D eigenvalue weighted by molar-refractivity contribution is -0.139. The number of rotatable bonds is 5. The molecular weight excluding hydrogens is 206 g/mol. The number of aromatic nitrogens is 2. The third kappa shape index (κ3) is 3.00. The Balaban J connectivity index is 3.07. The summed E-state index contributed by atoms with van der Waals surface area (Å²) >= 11 is 0. The van der Waals surface area contributed by atoms with Crippen molar-refractivity contribution in [3.63, 3.8) is 0 Å². The van der Waals surface area contributed by atoms with Gasteiger partial charge in [0.25, 0.3) is 0 Å². The number of aryl methyl sites for hydroxylation is 2. The van der Waals surface area contributed by atoms with Crippen LogP contribution in [0.25, 0.3) is 0 Å². The molecule has 1 atom stereocenters. The normalized spacial score (nSPS) is 12.4. The zero-order valence-electron chi connectivity index (χ0n) is 9.82. The number of hydrogen-bond donors (Lipinski definition) is 2. The topological polar surface area (TPSA) is 75.1 Å². The van der Waals surface area contributed by atoms with Crippen molar-refractivity contribution in [2.75, 3.05) is 7.05 Å². The standard InChI is InChI=1S/C11H17N3O2/c1-4-5-8-6-7(2)13-10(14-8)9(12-3)11(15)16/h6,9,12H,4-5H2,1-3H3,(H,15,16). The van der Waals surface area contributed by atoms with Crippen LogP contribution in [0.1, 0.15) is 36.6 Å². The maximum atomic E-state index is 11.0. The predicted molar refractivity (Wildman–Crippen MR) is 60.2 cm³/mol. The number of carbonyl (C=O) groups is 1. The van der Waals surface area contributed by atoms with E-state index in [1.165, 1.54) is 0 Å². The van der Waals surface area contributed by atoms with Crippen LogP contribution in [0.4, 0.5) is 0 Å². The van der Waals surface area contributed by atoms with Gasteiger partial charge in [0.15, 0.2) is 11.9 Å². The van der Waals surface area contributed by atoms with Crippen LogP contribution in [0.2, 0.25) is 0 Å². The van der Waals surface area contributed by atoms with Gasteiger partial charge >= 0.3 is 5.97 Å². The Kier molecular flexibility index (Phi) is 4.37. The molecule has 0 aliphatic rings. The molecule has 88 valence electrons. The average Bonchev–Trinajstić information content (AvgIpc) is 2.17. The summed E-state index contributed by atoms with van der Waals surface area (Å²) in [6.07, 6.45) is 1.82. The molecule has 1 aromatic heterocycles. The molecule has 0 spiro atoms. The van der Waals surface area contributed by atoms with E-state index >= 15 is 0 Å². The first-order valence-electron chi connectivity index (χ1n) is 5.33. The van der Waals surface area contributed by atoms with Crippen molar-refractivity contribution in [2.24, 2.45) is 0 Å². The lowest BCUT2D eigenvalue weighted by Gasteiger charge is -2.11. The minimum Gasteiger partial charge on any atom is -0.480 e. The molecule has 0 aliphatic carbocycles. The number of carboxylic acids is 1. The van der Waals surface area contributed by atoms with Gasteiger partial charge in [0.1, 0.15) is 0 Å². The molecule has 1 unspecified atom stereocenters. The van der Waals surface area contributed by atoms with Gasteiger partial charge in [-0.2, -0.15) is 0 Å². The molecule has 1 rings (SSSR count). The first-order chi connectivity index (χ1) is 7.58. The summed E-state index contributed by atoms with van der Waals surface area (Å²) < 4.78 is 0. The summed E-state index contributed by atoms with van der Waals surface area (Å²) in [7, 11) is 1.59. The Morgan fingerprint density at radius 1 is 1.56 bits per heavy atom. The third-order valence-electron chi connectivity index (χ3n) is 2.22. The highest BCUT2D eigenvalue weighted by Crippen LogP contribution is 2.11. The minimum atomic E-state index is -0.962. The summed E-state index contributed by atoms with van der Waals surface area (Å²) in [6, 6.07) is 1.05. The molecule has 0 saturated carbocycles. The molecule has 5 nitrogen and oxygen atoms in total. The Labute approximate surface area is 94.9 Å². The predicted octanol–water partition coefficient (Wildman–Crippen LogP) is 1.08. The molecule has 0 saturated heterocycles. The van der Waals surface area contributed by atoms with Crippen molar-refractivity contribution in [1.82, 2.24) is 15.3 Å². The van der Waals surface area contributed by atoms with E-state index in [0.717, 1.165) is 24.2 Å². The monoisotopic (exact) mass is 223 g/mol. The van der Waals surface area contributed by atoms with E-state index in [0.29, 0.717) is 5.82 Å². The van der Waals surface area contributed by atoms with Crippen molar-refractivity contribution in [1.29, 1.82) is 0 Å². The highest BCUT2D eigenvalue weighted by Gasteiger charge is 2.21. The van der Waals surface area contributed by atoms with Gasteiger partial charge in [-0.05, 0) is 26.5 Å². The van der Waals surface area contributed by atoms with Crippen molar-refractivity contribution in [3.05, 3.63) is 23.3 Å². The van der Waals surface area contributed by atoms with Crippen LogP contribution in [0.5, 0.6) is 0 Å². The van der Waals surface area contributed by atoms with Crippen LogP contribution in [-0.2, 0) is 11.2 Å². The Morgan fingerprint density at radius 2 is 2.25 bits per heavy atom. The highest BCUT2D eigenvalue weighted by atomic mass is 16.4. The minimum absolute atomic E-state index is 0.332. The second-order valence-corrected chi connectivity index (χ2v) is 3.67. The van der Waals surface area contributed by atoms with Crippen molar-refractivity contribution in [3.8, 4) is 0 Å². The van der Waals surface area contributed by atoms with Crippen LogP contribution in [0.15, 0.2) is 6.07 Å². The largest absolute Gasteiger partial charge is 0.480 e. The van der Waals surface area contributed by atoms with Gasteiger partial charge in [-0.15, -0.1) is 0 Å². The first kappa shape index (κ1) is 12.6. The molecule has 0 bridgehead atoms. The van der Waals surface area contributed by atoms with Gasteiger partial charge in [0, 0.05) is 11.4 Å². The number of nitrogens with one attached hydrogen (secondary N) is 1. The summed E-state index contributed by atoms with van der Waals surface area (Å²) in [5.74, 6) is -0.631. The molecule has 5 heteroatoms. The number of hydrogen-bond acceptors (Lipinski definition) is 4. The maximum Gasteiger partial charge on any atom is 0.328 e. The zero-order chi connectivity index (χ0) is 12.1. The van der Waals surface area contributed by atoms with E-state index in [4.69, 9.17) is 5.11 Å². The van der Waals surface area contributed by atoms with Crippen LogP contribution in [0.3, 0.4) is 0 Å². The van der Waals surface area contributed by atoms with Gasteiger partial charge in [-0.1, -0.05) is 13.3 Å². The number of aliphatic carboxylic acids is 1. The lowest BCUT2D eigenvalue weighted by Crippen LogP contribution is -2.27. The lowest BCUT2D eigenvalue weighted by atomic mass is 10.2.